The van der Waals surface area contributed by atoms with E-state index in [1.807, 2.05) is 0 Å². The van der Waals surface area contributed by atoms with Gasteiger partial charge in [0.05, 0.1) is 10.9 Å². The number of hydrogen-bond donors (Lipinski definition) is 0. The summed E-state index contributed by atoms with van der Waals surface area (Å²) in [5.41, 5.74) is 5.71. The summed E-state index contributed by atoms with van der Waals surface area (Å²) in [7, 11) is 0. The number of rotatable bonds is 2. The van der Waals surface area contributed by atoms with Crippen LogP contribution in [-0.4, -0.2) is 0 Å². The topological polar surface area (TPSA) is 3.88 Å². The maximum atomic E-state index is 2.39. The van der Waals surface area contributed by atoms with Crippen molar-refractivity contribution in [1.82, 2.24) is 0 Å². The summed E-state index contributed by atoms with van der Waals surface area (Å²) in [6, 6.07) is 17.9. The molecule has 1 aromatic heterocycles. The quantitative estimate of drug-likeness (QED) is 0.478. The first-order chi connectivity index (χ1) is 9.86. The Morgan fingerprint density at radius 1 is 1.05 bits per heavy atom. The first-order valence-electron chi connectivity index (χ1n) is 7.40. The summed E-state index contributed by atoms with van der Waals surface area (Å²) in [5, 5.41) is 2.68. The van der Waals surface area contributed by atoms with Gasteiger partial charge in [-0.2, -0.15) is 4.57 Å². The molecular formula is C19H18N+. The smallest absolute Gasteiger partial charge is 0.193 e. The van der Waals surface area contributed by atoms with E-state index in [4.69, 9.17) is 0 Å². The van der Waals surface area contributed by atoms with Gasteiger partial charge in [-0.3, -0.25) is 0 Å². The molecule has 1 nitrogen and oxygen atoms in total. The third-order valence-electron chi connectivity index (χ3n) is 4.24. The van der Waals surface area contributed by atoms with Crippen LogP contribution >= 0.6 is 0 Å². The van der Waals surface area contributed by atoms with Crippen molar-refractivity contribution in [3.63, 3.8) is 0 Å². The minimum Gasteiger partial charge on any atom is -0.193 e. The lowest BCUT2D eigenvalue weighted by Crippen LogP contribution is -2.31. The van der Waals surface area contributed by atoms with E-state index < -0.39 is 0 Å². The van der Waals surface area contributed by atoms with Gasteiger partial charge >= 0.3 is 0 Å². The van der Waals surface area contributed by atoms with Crippen LogP contribution in [0.15, 0.2) is 54.7 Å². The summed E-state index contributed by atoms with van der Waals surface area (Å²) in [6.45, 7) is 3.25. The number of pyridine rings is 1. The van der Waals surface area contributed by atoms with Crippen LogP contribution in [-0.2, 0) is 13.0 Å². The second kappa shape index (κ2) is 4.45. The van der Waals surface area contributed by atoms with Gasteiger partial charge in [-0.25, -0.2) is 0 Å². The van der Waals surface area contributed by atoms with Gasteiger partial charge in [0.2, 0.25) is 5.69 Å². The Bertz CT molecular complexity index is 802. The monoisotopic (exact) mass is 260 g/mol. The van der Waals surface area contributed by atoms with Gasteiger partial charge < -0.3 is 0 Å². The van der Waals surface area contributed by atoms with E-state index in [0.29, 0.717) is 0 Å². The number of fused-ring (bicyclic) bond motifs is 5. The van der Waals surface area contributed by atoms with Gasteiger partial charge in [-0.15, -0.1) is 0 Å². The van der Waals surface area contributed by atoms with Gasteiger partial charge in [0.25, 0.3) is 0 Å². The molecular weight excluding hydrogens is 242 g/mol. The second-order valence-corrected chi connectivity index (χ2v) is 5.62. The molecule has 0 amide bonds. The van der Waals surface area contributed by atoms with E-state index >= 15 is 0 Å². The van der Waals surface area contributed by atoms with E-state index in [0.717, 1.165) is 6.54 Å². The van der Waals surface area contributed by atoms with Crippen molar-refractivity contribution in [2.24, 2.45) is 0 Å². The molecule has 0 saturated carbocycles. The highest BCUT2D eigenvalue weighted by molar-refractivity contribution is 5.94. The fourth-order valence-electron chi connectivity index (χ4n) is 3.33. The molecule has 0 N–H and O–H groups in total. The third kappa shape index (κ3) is 1.66. The highest BCUT2D eigenvalue weighted by Crippen LogP contribution is 2.32. The Morgan fingerprint density at radius 3 is 2.85 bits per heavy atom. The molecule has 0 fully saturated rings. The van der Waals surface area contributed by atoms with Crippen LogP contribution in [0.25, 0.3) is 22.0 Å². The van der Waals surface area contributed by atoms with Crippen molar-refractivity contribution in [3.8, 4) is 11.3 Å². The van der Waals surface area contributed by atoms with Crippen LogP contribution in [0.4, 0.5) is 0 Å². The molecule has 0 bridgehead atoms. The number of aromatic nitrogens is 1. The number of hydrogen-bond acceptors (Lipinski definition) is 0. The Morgan fingerprint density at radius 2 is 1.95 bits per heavy atom. The fourth-order valence-corrected chi connectivity index (χ4v) is 3.33. The molecule has 1 heteroatoms. The van der Waals surface area contributed by atoms with Crippen LogP contribution in [0, 0.1) is 0 Å². The summed E-state index contributed by atoms with van der Waals surface area (Å²) in [6.07, 6.45) is 4.61. The summed E-state index contributed by atoms with van der Waals surface area (Å²) in [5.74, 6) is 0. The molecule has 0 unspecified atom stereocenters. The molecule has 98 valence electrons. The number of benzene rings is 2. The molecule has 0 radical (unpaired) electrons. The third-order valence-corrected chi connectivity index (χ3v) is 4.24. The number of aryl methyl sites for hydroxylation is 1. The molecule has 4 rings (SSSR count). The second-order valence-electron chi connectivity index (χ2n) is 5.62. The van der Waals surface area contributed by atoms with E-state index in [1.54, 1.807) is 0 Å². The lowest BCUT2D eigenvalue weighted by atomic mass is 9.99. The lowest BCUT2D eigenvalue weighted by molar-refractivity contribution is -0.671. The highest BCUT2D eigenvalue weighted by atomic mass is 15.0. The summed E-state index contributed by atoms with van der Waals surface area (Å²) >= 11 is 0. The Hall–Kier alpha value is -2.15. The van der Waals surface area contributed by atoms with Crippen LogP contribution in [0.5, 0.6) is 0 Å². The Balaban J connectivity index is 1.95. The van der Waals surface area contributed by atoms with Gasteiger partial charge in [0.15, 0.2) is 12.7 Å². The van der Waals surface area contributed by atoms with Crippen molar-refractivity contribution >= 4 is 10.8 Å². The molecule has 2 aromatic carbocycles. The predicted octanol–water partition coefficient (Wildman–Crippen LogP) is 4.11. The lowest BCUT2D eigenvalue weighted by Gasteiger charge is -2.02. The maximum absolute atomic E-state index is 2.39. The van der Waals surface area contributed by atoms with Crippen LogP contribution < -0.4 is 4.57 Å². The van der Waals surface area contributed by atoms with Gasteiger partial charge in [-0.05, 0) is 35.6 Å². The zero-order valence-electron chi connectivity index (χ0n) is 11.8. The van der Waals surface area contributed by atoms with E-state index in [2.05, 4.69) is 66.2 Å². The molecule has 2 heterocycles. The molecule has 0 saturated heterocycles. The molecule has 0 spiro atoms. The minimum absolute atomic E-state index is 1.01. The van der Waals surface area contributed by atoms with Crippen molar-refractivity contribution in [2.75, 3.05) is 0 Å². The molecule has 0 aliphatic carbocycles. The van der Waals surface area contributed by atoms with Gasteiger partial charge in [0, 0.05) is 11.6 Å². The highest BCUT2D eigenvalue weighted by Gasteiger charge is 2.27. The fraction of sp³-hybridized carbons (Fsp3) is 0.211. The van der Waals surface area contributed by atoms with Crippen LogP contribution in [0.1, 0.15) is 24.5 Å². The standard InChI is InChI=1S/C19H18N/c1-2-5-14-8-9-18-16(12-14)13-20-11-10-15-6-3-4-7-17(15)19(18)20/h3-4,6-12H,2,5,13H2,1H3/q+1. The first kappa shape index (κ1) is 11.7. The van der Waals surface area contributed by atoms with Crippen molar-refractivity contribution in [2.45, 2.75) is 26.3 Å². The molecule has 0 atom stereocenters. The zero-order valence-corrected chi connectivity index (χ0v) is 11.8. The Labute approximate surface area is 119 Å². The Kier molecular flexibility index (Phi) is 2.59. The maximum Gasteiger partial charge on any atom is 0.221 e. The average Bonchev–Trinajstić information content (AvgIpc) is 2.85. The van der Waals surface area contributed by atoms with E-state index in [-0.39, 0.29) is 0 Å². The average molecular weight is 260 g/mol. The van der Waals surface area contributed by atoms with Crippen molar-refractivity contribution in [1.29, 1.82) is 0 Å². The van der Waals surface area contributed by atoms with Gasteiger partial charge in [0.1, 0.15) is 0 Å². The molecule has 20 heavy (non-hydrogen) atoms. The molecule has 1 aliphatic rings. The molecule has 3 aromatic rings. The van der Waals surface area contributed by atoms with Crippen molar-refractivity contribution < 1.29 is 4.57 Å². The van der Waals surface area contributed by atoms with Gasteiger partial charge in [-0.1, -0.05) is 37.6 Å². The summed E-state index contributed by atoms with van der Waals surface area (Å²) < 4.78 is 2.38. The normalized spacial score (nSPS) is 12.4. The number of nitrogens with zero attached hydrogens (tertiary/aromatic N) is 1. The van der Waals surface area contributed by atoms with E-state index in [1.165, 1.54) is 46.0 Å². The predicted molar refractivity (Wildman–Crippen MR) is 82.7 cm³/mol. The summed E-state index contributed by atoms with van der Waals surface area (Å²) in [4.78, 5) is 0. The van der Waals surface area contributed by atoms with Crippen LogP contribution in [0.2, 0.25) is 0 Å². The SMILES string of the molecule is CCCc1ccc2c(c1)C[n+]1ccc3ccccc3c1-2. The van der Waals surface area contributed by atoms with Crippen molar-refractivity contribution in [3.05, 3.63) is 65.9 Å². The minimum atomic E-state index is 1.01. The largest absolute Gasteiger partial charge is 0.221 e. The zero-order chi connectivity index (χ0) is 13.5. The van der Waals surface area contributed by atoms with E-state index in [9.17, 15) is 0 Å². The van der Waals surface area contributed by atoms with Crippen LogP contribution in [0.3, 0.4) is 0 Å². The molecule has 1 aliphatic heterocycles. The first-order valence-corrected chi connectivity index (χ1v) is 7.40.